The largest absolute Gasteiger partial charge is 0.356 e. The van der Waals surface area contributed by atoms with Gasteiger partial charge in [-0.25, -0.2) is 0 Å². The van der Waals surface area contributed by atoms with Crippen LogP contribution in [-0.2, 0) is 0 Å². The first-order valence-electron chi connectivity index (χ1n) is 17.5. The van der Waals surface area contributed by atoms with Gasteiger partial charge >= 0.3 is 0 Å². The number of hydrogen-bond donors (Lipinski definition) is 0. The summed E-state index contributed by atoms with van der Waals surface area (Å²) in [5, 5.41) is 14.8. The number of rotatable bonds is 30. The molecule has 0 spiro atoms. The number of quaternary nitrogens is 1. The summed E-state index contributed by atoms with van der Waals surface area (Å²) in [6.07, 6.45) is 40.9. The van der Waals surface area contributed by atoms with Gasteiger partial charge in [0.1, 0.15) is 0 Å². The van der Waals surface area contributed by atoms with Crippen molar-refractivity contribution in [2.24, 2.45) is 0 Å². The summed E-state index contributed by atoms with van der Waals surface area (Å²) in [4.78, 5) is 8.25. The van der Waals surface area contributed by atoms with Crippen LogP contribution in [0.25, 0.3) is 0 Å². The van der Waals surface area contributed by atoms with E-state index in [9.17, 15) is 0 Å². The molecule has 0 unspecified atom stereocenters. The van der Waals surface area contributed by atoms with Crippen LogP contribution in [0, 0.1) is 15.3 Å². The Labute approximate surface area is 245 Å². The minimum Gasteiger partial charge on any atom is -0.356 e. The maximum Gasteiger partial charge on any atom is 0.0782 e. The van der Waals surface area contributed by atoms with Gasteiger partial charge in [-0.3, -0.25) is 0 Å². The fourth-order valence-corrected chi connectivity index (χ4v) is 5.58. The zero-order valence-electron chi connectivity index (χ0n) is 27.3. The Morgan fingerprint density at radius 3 is 0.718 bits per heavy atom. The molecule has 0 aromatic heterocycles. The average molecular weight is 557 g/mol. The summed E-state index contributed by atoms with van der Waals surface area (Å²) in [5.74, 6) is 0. The standard InChI is InChI=1S/C34H72N.NO3/c1-5-7-9-11-13-15-17-19-21-23-25-27-29-31-33-35(3,4)34-32-30-28-26-24-22-20-18-16-14-12-10-8-6-2;2-1(3)4/h5-34H2,1-4H3;/q+1;-1. The molecule has 0 heterocycles. The van der Waals surface area contributed by atoms with Crippen LogP contribution in [0.4, 0.5) is 0 Å². The topological polar surface area (TPSA) is 66.2 Å². The maximum absolute atomic E-state index is 8.25. The van der Waals surface area contributed by atoms with Crippen LogP contribution in [0.1, 0.15) is 194 Å². The summed E-state index contributed by atoms with van der Waals surface area (Å²) < 4.78 is 1.25. The number of hydrogen-bond acceptors (Lipinski definition) is 3. The van der Waals surface area contributed by atoms with Gasteiger partial charge in [0.15, 0.2) is 0 Å². The first kappa shape index (κ1) is 40.3. The summed E-state index contributed by atoms with van der Waals surface area (Å²) in [6, 6.07) is 0. The van der Waals surface area contributed by atoms with E-state index in [0.717, 1.165) is 0 Å². The van der Waals surface area contributed by atoms with E-state index in [0.29, 0.717) is 0 Å². The van der Waals surface area contributed by atoms with Crippen molar-refractivity contribution in [3.63, 3.8) is 0 Å². The molecule has 0 amide bonds. The lowest BCUT2D eigenvalue weighted by atomic mass is 10.0. The van der Waals surface area contributed by atoms with E-state index >= 15 is 0 Å². The van der Waals surface area contributed by atoms with Crippen LogP contribution in [0.3, 0.4) is 0 Å². The van der Waals surface area contributed by atoms with Crippen molar-refractivity contribution < 1.29 is 9.57 Å². The fraction of sp³-hybridized carbons (Fsp3) is 1.00. The fourth-order valence-electron chi connectivity index (χ4n) is 5.58. The lowest BCUT2D eigenvalue weighted by Gasteiger charge is -2.30. The molecule has 236 valence electrons. The highest BCUT2D eigenvalue weighted by molar-refractivity contribution is 4.51. The molecule has 0 saturated carbocycles. The monoisotopic (exact) mass is 557 g/mol. The number of nitrogens with zero attached hydrogens (tertiary/aromatic N) is 2. The molecule has 0 aromatic carbocycles. The Hall–Kier alpha value is -0.840. The van der Waals surface area contributed by atoms with Crippen molar-refractivity contribution in [1.82, 2.24) is 0 Å². The second kappa shape index (κ2) is 33.4. The van der Waals surface area contributed by atoms with E-state index in [2.05, 4.69) is 27.9 Å². The van der Waals surface area contributed by atoms with Crippen LogP contribution >= 0.6 is 0 Å². The van der Waals surface area contributed by atoms with Crippen molar-refractivity contribution in [2.75, 3.05) is 27.2 Å². The molecule has 39 heavy (non-hydrogen) atoms. The lowest BCUT2D eigenvalue weighted by molar-refractivity contribution is -0.890. The molecule has 0 radical (unpaired) electrons. The highest BCUT2D eigenvalue weighted by Crippen LogP contribution is 2.15. The molecule has 0 aliphatic heterocycles. The maximum atomic E-state index is 8.25. The third kappa shape index (κ3) is 41.8. The molecular weight excluding hydrogens is 484 g/mol. The van der Waals surface area contributed by atoms with Gasteiger partial charge in [0.05, 0.1) is 32.3 Å². The Morgan fingerprint density at radius 2 is 0.538 bits per heavy atom. The van der Waals surface area contributed by atoms with Gasteiger partial charge in [0.25, 0.3) is 0 Å². The third-order valence-electron chi connectivity index (χ3n) is 8.23. The molecule has 0 rings (SSSR count). The van der Waals surface area contributed by atoms with Crippen molar-refractivity contribution in [1.29, 1.82) is 0 Å². The molecule has 0 bridgehead atoms. The average Bonchev–Trinajstić information content (AvgIpc) is 2.88. The Balaban J connectivity index is 0. The lowest BCUT2D eigenvalue weighted by Crippen LogP contribution is -2.41. The van der Waals surface area contributed by atoms with E-state index in [1.165, 1.54) is 197 Å². The van der Waals surface area contributed by atoms with Gasteiger partial charge < -0.3 is 19.8 Å². The van der Waals surface area contributed by atoms with Crippen LogP contribution in [-0.4, -0.2) is 36.8 Å². The van der Waals surface area contributed by atoms with E-state index in [1.54, 1.807) is 0 Å². The van der Waals surface area contributed by atoms with Crippen LogP contribution in [0.15, 0.2) is 0 Å². The second-order valence-corrected chi connectivity index (χ2v) is 12.8. The minimum absolute atomic E-state index is 1.25. The summed E-state index contributed by atoms with van der Waals surface area (Å²) in [5.41, 5.74) is 0. The predicted octanol–water partition coefficient (Wildman–Crippen LogP) is 11.8. The molecule has 0 atom stereocenters. The second-order valence-electron chi connectivity index (χ2n) is 12.8. The van der Waals surface area contributed by atoms with Gasteiger partial charge in [-0.05, 0) is 25.7 Å². The molecule has 5 nitrogen and oxygen atoms in total. The Morgan fingerprint density at radius 1 is 0.385 bits per heavy atom. The van der Waals surface area contributed by atoms with Crippen LogP contribution in [0.2, 0.25) is 0 Å². The summed E-state index contributed by atoms with van der Waals surface area (Å²) >= 11 is 0. The Bertz CT molecular complexity index is 433. The molecule has 0 fully saturated rings. The molecule has 0 saturated heterocycles. The number of unbranched alkanes of at least 4 members (excludes halogenated alkanes) is 26. The first-order valence-corrected chi connectivity index (χ1v) is 17.5. The normalized spacial score (nSPS) is 11.4. The first-order chi connectivity index (χ1) is 18.9. The SMILES string of the molecule is CCCCCCCCCCCCCCCC[N+](C)(C)CCCCCCCCCCCCCCCC.O=[N+]([O-])[O-]. The van der Waals surface area contributed by atoms with Gasteiger partial charge in [-0.2, -0.15) is 0 Å². The molecular formula is C34H72N2O3. The molecule has 0 aliphatic carbocycles. The van der Waals surface area contributed by atoms with Crippen LogP contribution < -0.4 is 0 Å². The van der Waals surface area contributed by atoms with E-state index in [1.807, 2.05) is 0 Å². The van der Waals surface area contributed by atoms with E-state index < -0.39 is 5.09 Å². The van der Waals surface area contributed by atoms with Gasteiger partial charge in [-0.15, -0.1) is 0 Å². The van der Waals surface area contributed by atoms with Crippen LogP contribution in [0.5, 0.6) is 0 Å². The molecule has 0 N–H and O–H groups in total. The zero-order valence-corrected chi connectivity index (χ0v) is 27.3. The van der Waals surface area contributed by atoms with Crippen molar-refractivity contribution >= 4 is 0 Å². The Kier molecular flexibility index (Phi) is 34.5. The highest BCUT2D eigenvalue weighted by atomic mass is 16.9. The quantitative estimate of drug-likeness (QED) is 0.0382. The summed E-state index contributed by atoms with van der Waals surface area (Å²) in [7, 11) is 4.93. The highest BCUT2D eigenvalue weighted by Gasteiger charge is 2.13. The summed E-state index contributed by atoms with van der Waals surface area (Å²) in [6.45, 7) is 7.38. The van der Waals surface area contributed by atoms with Crippen molar-refractivity contribution in [3.8, 4) is 0 Å². The van der Waals surface area contributed by atoms with Gasteiger partial charge in [0.2, 0.25) is 0 Å². The van der Waals surface area contributed by atoms with Gasteiger partial charge in [0, 0.05) is 0 Å². The third-order valence-corrected chi connectivity index (χ3v) is 8.23. The minimum atomic E-state index is -1.75. The smallest absolute Gasteiger partial charge is 0.0782 e. The van der Waals surface area contributed by atoms with Crippen molar-refractivity contribution in [3.05, 3.63) is 15.3 Å². The molecule has 5 heteroatoms. The van der Waals surface area contributed by atoms with E-state index in [4.69, 9.17) is 15.3 Å². The molecule has 0 aliphatic rings. The molecule has 0 aromatic rings. The predicted molar refractivity (Wildman–Crippen MR) is 173 cm³/mol. The van der Waals surface area contributed by atoms with Gasteiger partial charge in [-0.1, -0.05) is 168 Å². The van der Waals surface area contributed by atoms with E-state index in [-0.39, 0.29) is 0 Å². The van der Waals surface area contributed by atoms with Crippen molar-refractivity contribution in [2.45, 2.75) is 194 Å². The zero-order chi connectivity index (χ0) is 29.3.